The Morgan fingerprint density at radius 3 is 2.00 bits per heavy atom. The third-order valence-electron chi connectivity index (χ3n) is 4.03. The first-order valence-corrected chi connectivity index (χ1v) is 7.61. The Kier molecular flexibility index (Phi) is 5.29. The SMILES string of the molecule is CC(C)(C)OC[C@@H](O)CN1C(C)(C)CC(O)CC1(C)C. The summed E-state index contributed by atoms with van der Waals surface area (Å²) in [5, 5.41) is 20.3. The number of hydrogen-bond donors (Lipinski definition) is 2. The lowest BCUT2D eigenvalue weighted by molar-refractivity contribution is -0.114. The highest BCUT2D eigenvalue weighted by Crippen LogP contribution is 2.38. The first-order chi connectivity index (χ1) is 8.83. The van der Waals surface area contributed by atoms with Crippen molar-refractivity contribution in [1.82, 2.24) is 4.90 Å². The molecule has 1 heterocycles. The second kappa shape index (κ2) is 5.91. The quantitative estimate of drug-likeness (QED) is 0.832. The molecule has 1 rings (SSSR count). The zero-order valence-electron chi connectivity index (χ0n) is 14.2. The summed E-state index contributed by atoms with van der Waals surface area (Å²) in [7, 11) is 0. The van der Waals surface area contributed by atoms with Crippen molar-refractivity contribution in [3.05, 3.63) is 0 Å². The van der Waals surface area contributed by atoms with E-state index in [-0.39, 0.29) is 22.8 Å². The van der Waals surface area contributed by atoms with Gasteiger partial charge in [-0.1, -0.05) is 0 Å². The monoisotopic (exact) mass is 287 g/mol. The molecule has 0 aromatic carbocycles. The van der Waals surface area contributed by atoms with Crippen molar-refractivity contribution >= 4 is 0 Å². The van der Waals surface area contributed by atoms with Gasteiger partial charge < -0.3 is 14.9 Å². The zero-order valence-corrected chi connectivity index (χ0v) is 14.2. The highest BCUT2D eigenvalue weighted by Gasteiger charge is 2.45. The largest absolute Gasteiger partial charge is 0.393 e. The summed E-state index contributed by atoms with van der Waals surface area (Å²) in [6.07, 6.45) is 0.703. The molecule has 0 aromatic heterocycles. The molecule has 0 radical (unpaired) electrons. The molecule has 0 bridgehead atoms. The maximum absolute atomic E-state index is 10.3. The van der Waals surface area contributed by atoms with Crippen LogP contribution in [-0.2, 0) is 4.74 Å². The molecule has 0 aliphatic carbocycles. The molecular weight excluding hydrogens is 254 g/mol. The molecule has 120 valence electrons. The van der Waals surface area contributed by atoms with E-state index in [9.17, 15) is 10.2 Å². The molecule has 20 heavy (non-hydrogen) atoms. The van der Waals surface area contributed by atoms with Gasteiger partial charge in [0.1, 0.15) is 0 Å². The lowest BCUT2D eigenvalue weighted by Crippen LogP contribution is -2.63. The van der Waals surface area contributed by atoms with Crippen molar-refractivity contribution in [3.8, 4) is 0 Å². The van der Waals surface area contributed by atoms with Crippen LogP contribution < -0.4 is 0 Å². The van der Waals surface area contributed by atoms with Crippen LogP contribution in [0.3, 0.4) is 0 Å². The number of aliphatic hydroxyl groups is 2. The van der Waals surface area contributed by atoms with Crippen LogP contribution in [0.25, 0.3) is 0 Å². The fraction of sp³-hybridized carbons (Fsp3) is 1.00. The Bertz CT molecular complexity index is 302. The number of piperidine rings is 1. The van der Waals surface area contributed by atoms with Gasteiger partial charge in [0.25, 0.3) is 0 Å². The van der Waals surface area contributed by atoms with Crippen molar-refractivity contribution in [2.75, 3.05) is 13.2 Å². The zero-order chi connectivity index (χ0) is 15.8. The summed E-state index contributed by atoms with van der Waals surface area (Å²) in [5.41, 5.74) is -0.474. The van der Waals surface area contributed by atoms with E-state index in [4.69, 9.17) is 4.74 Å². The van der Waals surface area contributed by atoms with Gasteiger partial charge in [-0.3, -0.25) is 4.90 Å². The molecular formula is C16H33NO3. The molecule has 4 heteroatoms. The van der Waals surface area contributed by atoms with E-state index in [0.29, 0.717) is 13.2 Å². The molecule has 1 saturated heterocycles. The number of β-amino-alcohol motifs (C(OH)–C–C–N with tert-alkyl or cyclic N) is 1. The Hall–Kier alpha value is -0.160. The maximum Gasteiger partial charge on any atom is 0.0900 e. The van der Waals surface area contributed by atoms with Crippen LogP contribution in [-0.4, -0.2) is 57.2 Å². The number of nitrogens with zero attached hydrogens (tertiary/aromatic N) is 1. The predicted molar refractivity (Wildman–Crippen MR) is 81.8 cm³/mol. The van der Waals surface area contributed by atoms with Gasteiger partial charge in [-0.15, -0.1) is 0 Å². The highest BCUT2D eigenvalue weighted by molar-refractivity contribution is 5.00. The molecule has 1 atom stereocenters. The molecule has 0 saturated carbocycles. The van der Waals surface area contributed by atoms with Crippen molar-refractivity contribution in [2.24, 2.45) is 0 Å². The van der Waals surface area contributed by atoms with Crippen LogP contribution >= 0.6 is 0 Å². The molecule has 2 N–H and O–H groups in total. The van der Waals surface area contributed by atoms with Crippen LogP contribution in [0.5, 0.6) is 0 Å². The number of ether oxygens (including phenoxy) is 1. The van der Waals surface area contributed by atoms with E-state index in [1.165, 1.54) is 0 Å². The lowest BCUT2D eigenvalue weighted by atomic mass is 9.78. The summed E-state index contributed by atoms with van der Waals surface area (Å²) in [6.45, 7) is 15.4. The molecule has 0 spiro atoms. The average molecular weight is 287 g/mol. The lowest BCUT2D eigenvalue weighted by Gasteiger charge is -2.55. The number of hydrogen-bond acceptors (Lipinski definition) is 4. The predicted octanol–water partition coefficient (Wildman–Crippen LogP) is 2.18. The standard InChI is InChI=1S/C16H33NO3/c1-14(2,3)20-11-13(19)10-17-15(4,5)8-12(18)9-16(17,6)7/h12-13,18-19H,8-11H2,1-7H3/t13-/m0/s1. The minimum absolute atomic E-state index is 0.121. The summed E-state index contributed by atoms with van der Waals surface area (Å²) in [4.78, 5) is 2.31. The number of likely N-dealkylation sites (tertiary alicyclic amines) is 1. The first kappa shape index (κ1) is 17.9. The van der Waals surface area contributed by atoms with Crippen LogP contribution in [0.2, 0.25) is 0 Å². The highest BCUT2D eigenvalue weighted by atomic mass is 16.5. The minimum atomic E-state index is -0.511. The van der Waals surface area contributed by atoms with Crippen molar-refractivity contribution in [1.29, 1.82) is 0 Å². The van der Waals surface area contributed by atoms with E-state index >= 15 is 0 Å². The Labute approximate surface area is 124 Å². The van der Waals surface area contributed by atoms with Crippen LogP contribution in [0.1, 0.15) is 61.3 Å². The molecule has 0 unspecified atom stereocenters. The third kappa shape index (κ3) is 4.99. The molecule has 1 aliphatic rings. The Balaban J connectivity index is 2.68. The van der Waals surface area contributed by atoms with Crippen molar-refractivity contribution in [2.45, 2.75) is 90.2 Å². The van der Waals surface area contributed by atoms with Crippen LogP contribution in [0.15, 0.2) is 0 Å². The Morgan fingerprint density at radius 1 is 1.15 bits per heavy atom. The van der Waals surface area contributed by atoms with E-state index < -0.39 is 6.10 Å². The van der Waals surface area contributed by atoms with Gasteiger partial charge in [0, 0.05) is 17.6 Å². The van der Waals surface area contributed by atoms with Gasteiger partial charge >= 0.3 is 0 Å². The summed E-state index contributed by atoms with van der Waals surface area (Å²) in [5.74, 6) is 0. The summed E-state index contributed by atoms with van der Waals surface area (Å²) >= 11 is 0. The van der Waals surface area contributed by atoms with E-state index in [0.717, 1.165) is 12.8 Å². The van der Waals surface area contributed by atoms with Gasteiger partial charge in [-0.2, -0.15) is 0 Å². The van der Waals surface area contributed by atoms with Crippen molar-refractivity contribution < 1.29 is 14.9 Å². The maximum atomic E-state index is 10.3. The summed E-state index contributed by atoms with van der Waals surface area (Å²) < 4.78 is 5.66. The minimum Gasteiger partial charge on any atom is -0.393 e. The van der Waals surface area contributed by atoms with Gasteiger partial charge in [0.05, 0.1) is 24.4 Å². The van der Waals surface area contributed by atoms with Crippen LogP contribution in [0, 0.1) is 0 Å². The first-order valence-electron chi connectivity index (χ1n) is 7.61. The topological polar surface area (TPSA) is 52.9 Å². The second-order valence-electron chi connectivity index (χ2n) is 8.37. The van der Waals surface area contributed by atoms with Gasteiger partial charge in [0.15, 0.2) is 0 Å². The fourth-order valence-corrected chi connectivity index (χ4v) is 3.37. The van der Waals surface area contributed by atoms with Gasteiger partial charge in [-0.25, -0.2) is 0 Å². The van der Waals surface area contributed by atoms with E-state index in [1.54, 1.807) is 0 Å². The molecule has 1 aliphatic heterocycles. The average Bonchev–Trinajstić information content (AvgIpc) is 2.17. The third-order valence-corrected chi connectivity index (χ3v) is 4.03. The molecule has 1 fully saturated rings. The number of rotatable bonds is 4. The van der Waals surface area contributed by atoms with Crippen molar-refractivity contribution in [3.63, 3.8) is 0 Å². The van der Waals surface area contributed by atoms with Gasteiger partial charge in [-0.05, 0) is 61.3 Å². The summed E-state index contributed by atoms with van der Waals surface area (Å²) in [6, 6.07) is 0. The van der Waals surface area contributed by atoms with Gasteiger partial charge in [0.2, 0.25) is 0 Å². The Morgan fingerprint density at radius 2 is 1.60 bits per heavy atom. The van der Waals surface area contributed by atoms with E-state index in [2.05, 4.69) is 32.6 Å². The fourth-order valence-electron chi connectivity index (χ4n) is 3.37. The normalized spacial score (nSPS) is 25.6. The van der Waals surface area contributed by atoms with Crippen LogP contribution in [0.4, 0.5) is 0 Å². The molecule has 0 amide bonds. The van der Waals surface area contributed by atoms with E-state index in [1.807, 2.05) is 20.8 Å². The molecule has 4 nitrogen and oxygen atoms in total. The smallest absolute Gasteiger partial charge is 0.0900 e. The number of aliphatic hydroxyl groups excluding tert-OH is 2. The second-order valence-corrected chi connectivity index (χ2v) is 8.37. The molecule has 0 aromatic rings.